The summed E-state index contributed by atoms with van der Waals surface area (Å²) in [7, 11) is 0. The fraction of sp³-hybridized carbons (Fsp3) is 0.842. The van der Waals surface area contributed by atoms with E-state index in [0.29, 0.717) is 13.1 Å². The highest BCUT2D eigenvalue weighted by atomic mass is 16.6. The SMILES string of the molecule is CCCCCCC#C[C@H]1CN(C(=O)OC(C)(C)C)C[C@@H](CC)O1. The number of unbranched alkanes of at least 4 members (excludes halogenated alkanes) is 4. The highest BCUT2D eigenvalue weighted by molar-refractivity contribution is 5.68. The molecule has 2 atom stereocenters. The van der Waals surface area contributed by atoms with E-state index in [0.717, 1.165) is 19.3 Å². The minimum atomic E-state index is -0.475. The maximum atomic E-state index is 12.3. The van der Waals surface area contributed by atoms with Crippen LogP contribution in [-0.4, -0.2) is 41.9 Å². The number of carbonyl (C=O) groups excluding carboxylic acids is 1. The fourth-order valence-corrected chi connectivity index (χ4v) is 2.45. The van der Waals surface area contributed by atoms with Crippen LogP contribution in [0.25, 0.3) is 0 Å². The number of morpholine rings is 1. The van der Waals surface area contributed by atoms with Crippen LogP contribution >= 0.6 is 0 Å². The molecule has 0 spiro atoms. The molecular formula is C19H33NO3. The van der Waals surface area contributed by atoms with E-state index in [-0.39, 0.29) is 18.3 Å². The topological polar surface area (TPSA) is 38.8 Å². The van der Waals surface area contributed by atoms with E-state index in [1.807, 2.05) is 20.8 Å². The smallest absolute Gasteiger partial charge is 0.410 e. The number of carbonyl (C=O) groups is 1. The van der Waals surface area contributed by atoms with E-state index in [9.17, 15) is 4.79 Å². The number of amides is 1. The van der Waals surface area contributed by atoms with Gasteiger partial charge < -0.3 is 14.4 Å². The second kappa shape index (κ2) is 9.82. The summed E-state index contributed by atoms with van der Waals surface area (Å²) in [6, 6.07) is 0. The van der Waals surface area contributed by atoms with Gasteiger partial charge in [-0.3, -0.25) is 0 Å². The Morgan fingerprint density at radius 1 is 1.22 bits per heavy atom. The third kappa shape index (κ3) is 8.27. The molecule has 4 heteroatoms. The number of rotatable bonds is 5. The third-order valence-corrected chi connectivity index (χ3v) is 3.69. The Morgan fingerprint density at radius 3 is 2.57 bits per heavy atom. The van der Waals surface area contributed by atoms with Crippen molar-refractivity contribution in [2.45, 2.75) is 91.0 Å². The molecular weight excluding hydrogens is 290 g/mol. The van der Waals surface area contributed by atoms with E-state index in [1.54, 1.807) is 4.90 Å². The van der Waals surface area contributed by atoms with Crippen LogP contribution in [0.2, 0.25) is 0 Å². The molecule has 0 bridgehead atoms. The summed E-state index contributed by atoms with van der Waals surface area (Å²) in [5.74, 6) is 6.40. The van der Waals surface area contributed by atoms with Gasteiger partial charge in [0.2, 0.25) is 0 Å². The number of nitrogens with zero attached hydrogens (tertiary/aromatic N) is 1. The van der Waals surface area contributed by atoms with Crippen molar-refractivity contribution in [2.75, 3.05) is 13.1 Å². The van der Waals surface area contributed by atoms with Crippen LogP contribution in [0.15, 0.2) is 0 Å². The molecule has 4 nitrogen and oxygen atoms in total. The molecule has 132 valence electrons. The normalized spacial score (nSPS) is 21.5. The van der Waals surface area contributed by atoms with E-state index in [1.165, 1.54) is 19.3 Å². The summed E-state index contributed by atoms with van der Waals surface area (Å²) < 4.78 is 11.4. The Labute approximate surface area is 141 Å². The first-order valence-electron chi connectivity index (χ1n) is 8.97. The zero-order valence-electron chi connectivity index (χ0n) is 15.5. The van der Waals surface area contributed by atoms with Crippen molar-refractivity contribution in [3.63, 3.8) is 0 Å². The van der Waals surface area contributed by atoms with Crippen molar-refractivity contribution >= 4 is 6.09 Å². The standard InChI is InChI=1S/C19H33NO3/c1-6-8-9-10-11-12-13-17-15-20(14-16(7-2)22-17)18(21)23-19(3,4)5/h16-17H,6-11,14-15H2,1-5H3/t16-,17+/m1/s1. The molecule has 0 aromatic rings. The Bertz CT molecular complexity index is 417. The van der Waals surface area contributed by atoms with Gasteiger partial charge in [0, 0.05) is 6.42 Å². The molecule has 1 amide bonds. The Balaban J connectivity index is 2.53. The monoisotopic (exact) mass is 323 g/mol. The van der Waals surface area contributed by atoms with Gasteiger partial charge in [-0.2, -0.15) is 0 Å². The molecule has 23 heavy (non-hydrogen) atoms. The maximum Gasteiger partial charge on any atom is 0.410 e. The molecule has 0 radical (unpaired) electrons. The fourth-order valence-electron chi connectivity index (χ4n) is 2.45. The molecule has 0 aromatic heterocycles. The molecule has 1 heterocycles. The highest BCUT2D eigenvalue weighted by Gasteiger charge is 2.31. The predicted molar refractivity (Wildman–Crippen MR) is 93.3 cm³/mol. The van der Waals surface area contributed by atoms with Crippen LogP contribution in [0.3, 0.4) is 0 Å². The van der Waals surface area contributed by atoms with Crippen LogP contribution in [-0.2, 0) is 9.47 Å². The van der Waals surface area contributed by atoms with Gasteiger partial charge in [-0.05, 0) is 33.6 Å². The number of ether oxygens (including phenoxy) is 2. The number of hydrogen-bond donors (Lipinski definition) is 0. The molecule has 1 aliphatic heterocycles. The number of hydrogen-bond acceptors (Lipinski definition) is 3. The lowest BCUT2D eigenvalue weighted by Gasteiger charge is -2.36. The first kappa shape index (κ1) is 19.8. The average Bonchev–Trinajstić information content (AvgIpc) is 2.48. The Hall–Kier alpha value is -1.21. The van der Waals surface area contributed by atoms with Crippen LogP contribution in [0, 0.1) is 11.8 Å². The van der Waals surface area contributed by atoms with Crippen molar-refractivity contribution < 1.29 is 14.3 Å². The molecule has 1 rings (SSSR count). The quantitative estimate of drug-likeness (QED) is 0.557. The lowest BCUT2D eigenvalue weighted by molar-refractivity contribution is -0.0667. The van der Waals surface area contributed by atoms with Crippen molar-refractivity contribution in [1.29, 1.82) is 0 Å². The second-order valence-corrected chi connectivity index (χ2v) is 7.17. The molecule has 0 saturated carbocycles. The first-order valence-corrected chi connectivity index (χ1v) is 8.97. The molecule has 1 saturated heterocycles. The molecule has 0 aliphatic carbocycles. The van der Waals surface area contributed by atoms with Crippen LogP contribution in [0.1, 0.15) is 73.1 Å². The van der Waals surface area contributed by atoms with Crippen molar-refractivity contribution in [2.24, 2.45) is 0 Å². The van der Waals surface area contributed by atoms with Crippen molar-refractivity contribution in [3.8, 4) is 11.8 Å². The van der Waals surface area contributed by atoms with Gasteiger partial charge in [0.25, 0.3) is 0 Å². The summed E-state index contributed by atoms with van der Waals surface area (Å²) in [6.07, 6.45) is 6.22. The van der Waals surface area contributed by atoms with Crippen molar-refractivity contribution in [3.05, 3.63) is 0 Å². The second-order valence-electron chi connectivity index (χ2n) is 7.17. The van der Waals surface area contributed by atoms with Crippen LogP contribution in [0.5, 0.6) is 0 Å². The minimum Gasteiger partial charge on any atom is -0.444 e. The van der Waals surface area contributed by atoms with Gasteiger partial charge in [-0.1, -0.05) is 39.0 Å². The molecule has 0 aromatic carbocycles. The Kier molecular flexibility index (Phi) is 8.47. The average molecular weight is 323 g/mol. The molecule has 0 N–H and O–H groups in total. The first-order chi connectivity index (χ1) is 10.9. The molecule has 1 aliphatic rings. The largest absolute Gasteiger partial charge is 0.444 e. The zero-order chi connectivity index (χ0) is 17.3. The summed E-state index contributed by atoms with van der Waals surface area (Å²) in [6.45, 7) is 11.0. The van der Waals surface area contributed by atoms with Crippen LogP contribution in [0.4, 0.5) is 4.79 Å². The summed E-state index contributed by atoms with van der Waals surface area (Å²) in [5.41, 5.74) is -0.475. The third-order valence-electron chi connectivity index (χ3n) is 3.69. The van der Waals surface area contributed by atoms with Gasteiger partial charge in [0.1, 0.15) is 11.7 Å². The zero-order valence-corrected chi connectivity index (χ0v) is 15.5. The summed E-state index contributed by atoms with van der Waals surface area (Å²) in [4.78, 5) is 14.0. The summed E-state index contributed by atoms with van der Waals surface area (Å²) in [5, 5.41) is 0. The predicted octanol–water partition coefficient (Wildman–Crippen LogP) is 4.37. The van der Waals surface area contributed by atoms with Gasteiger partial charge in [0.05, 0.1) is 19.2 Å². The minimum absolute atomic E-state index is 0.0376. The maximum absolute atomic E-state index is 12.3. The van der Waals surface area contributed by atoms with E-state index >= 15 is 0 Å². The molecule has 0 unspecified atom stereocenters. The van der Waals surface area contributed by atoms with Crippen molar-refractivity contribution in [1.82, 2.24) is 4.90 Å². The van der Waals surface area contributed by atoms with Gasteiger partial charge in [-0.15, -0.1) is 5.92 Å². The van der Waals surface area contributed by atoms with E-state index in [2.05, 4.69) is 25.7 Å². The van der Waals surface area contributed by atoms with Gasteiger partial charge in [-0.25, -0.2) is 4.79 Å². The molecule has 1 fully saturated rings. The van der Waals surface area contributed by atoms with E-state index in [4.69, 9.17) is 9.47 Å². The summed E-state index contributed by atoms with van der Waals surface area (Å²) >= 11 is 0. The van der Waals surface area contributed by atoms with Gasteiger partial charge in [0.15, 0.2) is 0 Å². The van der Waals surface area contributed by atoms with Crippen LogP contribution < -0.4 is 0 Å². The van der Waals surface area contributed by atoms with E-state index < -0.39 is 5.60 Å². The highest BCUT2D eigenvalue weighted by Crippen LogP contribution is 2.17. The van der Waals surface area contributed by atoms with Gasteiger partial charge >= 0.3 is 6.09 Å². The lowest BCUT2D eigenvalue weighted by atomic mass is 10.1. The lowest BCUT2D eigenvalue weighted by Crippen LogP contribution is -2.50. The Morgan fingerprint density at radius 2 is 1.96 bits per heavy atom.